The van der Waals surface area contributed by atoms with Crippen molar-refractivity contribution in [1.29, 1.82) is 0 Å². The quantitative estimate of drug-likeness (QED) is 0.808. The Bertz CT molecular complexity index is 724. The topological polar surface area (TPSA) is 38.3 Å². The zero-order valence-electron chi connectivity index (χ0n) is 13.5. The molecule has 0 saturated heterocycles. The molecule has 1 amide bonds. The highest BCUT2D eigenvalue weighted by Gasteiger charge is 2.17. The van der Waals surface area contributed by atoms with Crippen LogP contribution in [0.5, 0.6) is 5.75 Å². The number of hydrogen-bond donors (Lipinski definition) is 1. The van der Waals surface area contributed by atoms with E-state index >= 15 is 0 Å². The Kier molecular flexibility index (Phi) is 5.55. The molecule has 0 fully saturated rings. The van der Waals surface area contributed by atoms with Crippen molar-refractivity contribution < 1.29 is 9.53 Å². The van der Waals surface area contributed by atoms with Gasteiger partial charge in [-0.1, -0.05) is 29.3 Å². The number of nitrogens with one attached hydrogen (secondary N) is 1. The molecule has 0 heterocycles. The molecule has 0 unspecified atom stereocenters. The average Bonchev–Trinajstić information content (AvgIpc) is 2.42. The Morgan fingerprint density at radius 3 is 2.26 bits per heavy atom. The lowest BCUT2D eigenvalue weighted by molar-refractivity contribution is -0.122. The molecule has 0 spiro atoms. The van der Waals surface area contributed by atoms with Crippen LogP contribution in [0, 0.1) is 20.8 Å². The van der Waals surface area contributed by atoms with Crippen molar-refractivity contribution in [3.05, 3.63) is 57.1 Å². The molecule has 0 aromatic heterocycles. The van der Waals surface area contributed by atoms with Gasteiger partial charge in [0.15, 0.2) is 6.10 Å². The summed E-state index contributed by atoms with van der Waals surface area (Å²) in [5.74, 6) is 0.455. The van der Waals surface area contributed by atoms with E-state index in [1.165, 1.54) is 0 Å². The van der Waals surface area contributed by atoms with E-state index in [-0.39, 0.29) is 5.91 Å². The molecule has 3 nitrogen and oxygen atoms in total. The van der Waals surface area contributed by atoms with Crippen LogP contribution in [0.25, 0.3) is 0 Å². The second kappa shape index (κ2) is 7.24. The van der Waals surface area contributed by atoms with Gasteiger partial charge in [-0.05, 0) is 68.7 Å². The first-order valence-corrected chi connectivity index (χ1v) is 8.03. The van der Waals surface area contributed by atoms with Crippen molar-refractivity contribution in [2.75, 3.05) is 5.32 Å². The van der Waals surface area contributed by atoms with Crippen molar-refractivity contribution in [2.45, 2.75) is 33.8 Å². The van der Waals surface area contributed by atoms with Crippen molar-refractivity contribution in [3.8, 4) is 5.75 Å². The Labute approximate surface area is 146 Å². The SMILES string of the molecule is Cc1cc(C)c(C)c(O[C@@H](C)C(=O)Nc2cc(Cl)cc(Cl)c2)c1. The first kappa shape index (κ1) is 17.6. The Morgan fingerprint density at radius 2 is 1.65 bits per heavy atom. The van der Waals surface area contributed by atoms with Gasteiger partial charge in [-0.2, -0.15) is 0 Å². The van der Waals surface area contributed by atoms with Crippen LogP contribution >= 0.6 is 23.2 Å². The summed E-state index contributed by atoms with van der Waals surface area (Å²) in [6.07, 6.45) is -0.646. The van der Waals surface area contributed by atoms with Crippen LogP contribution < -0.4 is 10.1 Å². The summed E-state index contributed by atoms with van der Waals surface area (Å²) >= 11 is 11.9. The number of hydrogen-bond acceptors (Lipinski definition) is 2. The van der Waals surface area contributed by atoms with E-state index in [2.05, 4.69) is 11.4 Å². The fraction of sp³-hybridized carbons (Fsp3) is 0.278. The maximum atomic E-state index is 12.3. The summed E-state index contributed by atoms with van der Waals surface area (Å²) < 4.78 is 5.82. The van der Waals surface area contributed by atoms with Crippen molar-refractivity contribution in [2.24, 2.45) is 0 Å². The Morgan fingerprint density at radius 1 is 1.04 bits per heavy atom. The van der Waals surface area contributed by atoms with Gasteiger partial charge in [0.25, 0.3) is 5.91 Å². The molecule has 2 aromatic carbocycles. The number of halogens is 2. The van der Waals surface area contributed by atoms with E-state index < -0.39 is 6.10 Å². The first-order valence-electron chi connectivity index (χ1n) is 7.27. The highest BCUT2D eigenvalue weighted by molar-refractivity contribution is 6.35. The molecule has 1 N–H and O–H groups in total. The molecular weight excluding hydrogens is 333 g/mol. The van der Waals surface area contributed by atoms with Gasteiger partial charge >= 0.3 is 0 Å². The van der Waals surface area contributed by atoms with Gasteiger partial charge in [-0.3, -0.25) is 4.79 Å². The number of carbonyl (C=O) groups is 1. The van der Waals surface area contributed by atoms with Crippen LogP contribution in [0.2, 0.25) is 10.0 Å². The summed E-state index contributed by atoms with van der Waals surface area (Å²) in [4.78, 5) is 12.3. The molecular formula is C18H19Cl2NO2. The van der Waals surface area contributed by atoms with E-state index in [0.717, 1.165) is 16.7 Å². The van der Waals surface area contributed by atoms with Gasteiger partial charge in [0.1, 0.15) is 5.75 Å². The summed E-state index contributed by atoms with van der Waals surface area (Å²) in [5.41, 5.74) is 3.80. The molecule has 0 radical (unpaired) electrons. The zero-order valence-corrected chi connectivity index (χ0v) is 15.0. The maximum Gasteiger partial charge on any atom is 0.265 e. The predicted molar refractivity (Wildman–Crippen MR) is 95.8 cm³/mol. The monoisotopic (exact) mass is 351 g/mol. The molecule has 1 atom stereocenters. The van der Waals surface area contributed by atoms with E-state index in [1.54, 1.807) is 25.1 Å². The number of rotatable bonds is 4. The minimum atomic E-state index is -0.646. The van der Waals surface area contributed by atoms with Gasteiger partial charge in [-0.25, -0.2) is 0 Å². The second-order valence-corrected chi connectivity index (χ2v) is 6.49. The Hall–Kier alpha value is -1.71. The normalized spacial score (nSPS) is 11.9. The van der Waals surface area contributed by atoms with Crippen LogP contribution in [0.4, 0.5) is 5.69 Å². The summed E-state index contributed by atoms with van der Waals surface area (Å²) in [5, 5.41) is 3.69. The lowest BCUT2D eigenvalue weighted by atomic mass is 10.1. The predicted octanol–water partition coefficient (Wildman–Crippen LogP) is 5.32. The lowest BCUT2D eigenvalue weighted by Crippen LogP contribution is -2.30. The van der Waals surface area contributed by atoms with Gasteiger partial charge in [0, 0.05) is 15.7 Å². The molecule has 0 saturated carbocycles. The smallest absolute Gasteiger partial charge is 0.265 e. The van der Waals surface area contributed by atoms with Crippen LogP contribution in [-0.2, 0) is 4.79 Å². The molecule has 0 aliphatic carbocycles. The lowest BCUT2D eigenvalue weighted by Gasteiger charge is -2.18. The largest absolute Gasteiger partial charge is 0.481 e. The van der Waals surface area contributed by atoms with Crippen LogP contribution in [-0.4, -0.2) is 12.0 Å². The summed E-state index contributed by atoms with van der Waals surface area (Å²) in [6, 6.07) is 8.90. The fourth-order valence-corrected chi connectivity index (χ4v) is 2.76. The van der Waals surface area contributed by atoms with Gasteiger partial charge in [0.05, 0.1) is 0 Å². The molecule has 0 bridgehead atoms. The summed E-state index contributed by atoms with van der Waals surface area (Å²) in [6.45, 7) is 7.70. The third-order valence-corrected chi connectivity index (χ3v) is 4.00. The van der Waals surface area contributed by atoms with Crippen molar-refractivity contribution in [3.63, 3.8) is 0 Å². The van der Waals surface area contributed by atoms with E-state index in [4.69, 9.17) is 27.9 Å². The molecule has 0 aliphatic rings. The first-order chi connectivity index (χ1) is 10.8. The highest BCUT2D eigenvalue weighted by Crippen LogP contribution is 2.25. The standard InChI is InChI=1S/C18H19Cl2NO2/c1-10-5-11(2)12(3)17(6-10)23-13(4)18(22)21-16-8-14(19)7-15(20)9-16/h5-9,13H,1-4H3,(H,21,22)/t13-/m0/s1. The molecule has 0 aliphatic heterocycles. The zero-order chi connectivity index (χ0) is 17.1. The molecule has 2 rings (SSSR count). The third kappa shape index (κ3) is 4.63. The third-order valence-electron chi connectivity index (χ3n) is 3.57. The summed E-state index contributed by atoms with van der Waals surface area (Å²) in [7, 11) is 0. The Balaban J connectivity index is 2.11. The van der Waals surface area contributed by atoms with Crippen LogP contribution in [0.1, 0.15) is 23.6 Å². The van der Waals surface area contributed by atoms with Crippen molar-refractivity contribution in [1.82, 2.24) is 0 Å². The van der Waals surface area contributed by atoms with Gasteiger partial charge < -0.3 is 10.1 Å². The second-order valence-electron chi connectivity index (χ2n) is 5.61. The van der Waals surface area contributed by atoms with Crippen LogP contribution in [0.15, 0.2) is 30.3 Å². The minimum Gasteiger partial charge on any atom is -0.481 e. The number of amides is 1. The van der Waals surface area contributed by atoms with Gasteiger partial charge in [-0.15, -0.1) is 0 Å². The molecule has 23 heavy (non-hydrogen) atoms. The fourth-order valence-electron chi connectivity index (χ4n) is 2.24. The van der Waals surface area contributed by atoms with E-state index in [9.17, 15) is 4.79 Å². The molecule has 5 heteroatoms. The number of anilines is 1. The van der Waals surface area contributed by atoms with E-state index in [0.29, 0.717) is 21.5 Å². The molecule has 2 aromatic rings. The van der Waals surface area contributed by atoms with Crippen molar-refractivity contribution >= 4 is 34.8 Å². The highest BCUT2D eigenvalue weighted by atomic mass is 35.5. The minimum absolute atomic E-state index is 0.262. The number of benzene rings is 2. The number of aryl methyl sites for hydroxylation is 2. The average molecular weight is 352 g/mol. The van der Waals surface area contributed by atoms with Crippen LogP contribution in [0.3, 0.4) is 0 Å². The molecule has 122 valence electrons. The van der Waals surface area contributed by atoms with Gasteiger partial charge in [0.2, 0.25) is 0 Å². The number of ether oxygens (including phenoxy) is 1. The maximum absolute atomic E-state index is 12.3. The van der Waals surface area contributed by atoms with E-state index in [1.807, 2.05) is 26.8 Å². The number of carbonyl (C=O) groups excluding carboxylic acids is 1.